The number of carbonyl (C=O) groups is 2. The van der Waals surface area contributed by atoms with Crippen molar-refractivity contribution in [2.24, 2.45) is 0 Å². The Bertz CT molecular complexity index is 1540. The van der Waals surface area contributed by atoms with Gasteiger partial charge in [-0.05, 0) is 77.0 Å². The number of rotatable bonds is 52. The van der Waals surface area contributed by atoms with E-state index in [9.17, 15) is 19.0 Å². The molecule has 0 heterocycles. The molecule has 0 saturated carbocycles. The zero-order valence-electron chi connectivity index (χ0n) is 46.8. The van der Waals surface area contributed by atoms with Crippen molar-refractivity contribution in [1.82, 2.24) is 0 Å². The largest absolute Gasteiger partial charge is 0.756 e. The summed E-state index contributed by atoms with van der Waals surface area (Å²) in [6.45, 7) is 4.10. The number of carbonyl (C=O) groups excluding carboxylic acids is 2. The van der Waals surface area contributed by atoms with Crippen molar-refractivity contribution in [3.8, 4) is 0 Å². The van der Waals surface area contributed by atoms with Crippen molar-refractivity contribution in [1.29, 1.82) is 0 Å². The number of likely N-dealkylation sites (N-methyl/N-ethyl adjacent to an activating group) is 1. The molecular formula is C62H108NO8P. The van der Waals surface area contributed by atoms with Crippen LogP contribution in [-0.4, -0.2) is 70.0 Å². The van der Waals surface area contributed by atoms with Gasteiger partial charge in [-0.2, -0.15) is 0 Å². The zero-order valence-corrected chi connectivity index (χ0v) is 47.7. The molecule has 9 nitrogen and oxygen atoms in total. The summed E-state index contributed by atoms with van der Waals surface area (Å²) in [5.41, 5.74) is 0. The van der Waals surface area contributed by atoms with Crippen LogP contribution in [0.25, 0.3) is 0 Å². The monoisotopic (exact) mass is 1030 g/mol. The number of phosphoric acid groups is 1. The van der Waals surface area contributed by atoms with Crippen LogP contribution in [0.5, 0.6) is 0 Å². The van der Waals surface area contributed by atoms with Gasteiger partial charge >= 0.3 is 11.9 Å². The Kier molecular flexibility index (Phi) is 50.5. The van der Waals surface area contributed by atoms with Crippen LogP contribution in [0.2, 0.25) is 0 Å². The van der Waals surface area contributed by atoms with Gasteiger partial charge in [-0.1, -0.05) is 239 Å². The van der Waals surface area contributed by atoms with Crippen molar-refractivity contribution in [3.05, 3.63) is 97.2 Å². The molecule has 0 aromatic heterocycles. The fourth-order valence-electron chi connectivity index (χ4n) is 7.67. The van der Waals surface area contributed by atoms with Crippen LogP contribution in [0, 0.1) is 0 Å². The Morgan fingerprint density at radius 2 is 0.792 bits per heavy atom. The number of phosphoric ester groups is 1. The molecule has 2 unspecified atom stereocenters. The standard InChI is InChI=1S/C62H108NO8P/c1-6-8-10-12-14-16-18-20-22-24-26-27-28-29-30-31-32-33-34-35-37-39-41-43-45-47-49-51-53-55-62(65)71-60(59-70-72(66,67)69-57-56-63(3,4)5)58-68-61(64)54-52-50-48-46-44-42-40-38-36-25-23-21-19-17-15-13-11-9-7-2/h8,10,14,16,20,22,26-27,29-30,32-33,35,37,41,43,60H,6-7,9,11-13,15,17-19,21,23-25,28,31,34,36,38-40,42,44-59H2,1-5H3/b10-8-,16-14-,22-20-,27-26-,30-29-,33-32-,37-35-,43-41-. The molecule has 72 heavy (non-hydrogen) atoms. The van der Waals surface area contributed by atoms with E-state index in [0.717, 1.165) is 96.3 Å². The third kappa shape index (κ3) is 56.2. The molecule has 0 aliphatic heterocycles. The number of ether oxygens (including phenoxy) is 2. The lowest BCUT2D eigenvalue weighted by Gasteiger charge is -2.28. The molecule has 2 atom stereocenters. The summed E-state index contributed by atoms with van der Waals surface area (Å²) in [5.74, 6) is -0.862. The molecule has 0 N–H and O–H groups in total. The van der Waals surface area contributed by atoms with Crippen LogP contribution in [0.3, 0.4) is 0 Å². The van der Waals surface area contributed by atoms with E-state index in [0.29, 0.717) is 17.4 Å². The van der Waals surface area contributed by atoms with Gasteiger partial charge in [0.25, 0.3) is 7.82 Å². The minimum Gasteiger partial charge on any atom is -0.756 e. The van der Waals surface area contributed by atoms with E-state index in [1.54, 1.807) is 0 Å². The highest BCUT2D eigenvalue weighted by atomic mass is 31.2. The van der Waals surface area contributed by atoms with E-state index < -0.39 is 32.5 Å². The molecule has 0 aromatic carbocycles. The number of nitrogens with zero attached hydrogens (tertiary/aromatic N) is 1. The number of unbranched alkanes of at least 4 members (excludes halogenated alkanes) is 22. The second kappa shape index (κ2) is 52.8. The van der Waals surface area contributed by atoms with Crippen molar-refractivity contribution in [2.45, 2.75) is 238 Å². The minimum absolute atomic E-state index is 0.0400. The maximum Gasteiger partial charge on any atom is 0.306 e. The van der Waals surface area contributed by atoms with Gasteiger partial charge in [0.05, 0.1) is 27.7 Å². The topological polar surface area (TPSA) is 111 Å². The molecule has 414 valence electrons. The fourth-order valence-corrected chi connectivity index (χ4v) is 8.40. The SMILES string of the molecule is CC/C=C\C/C=C\C/C=C\C/C=C\C/C=C\C/C=C\C/C=C\C/C=C\CCCCCCC(=O)OC(COC(=O)CCCCCCCCCCCCCCCCCCCCC)COP(=O)([O-])OCC[N+](C)(C)C. The van der Waals surface area contributed by atoms with Gasteiger partial charge in [-0.25, -0.2) is 0 Å². The Labute approximate surface area is 443 Å². The lowest BCUT2D eigenvalue weighted by atomic mass is 10.0. The van der Waals surface area contributed by atoms with Crippen molar-refractivity contribution in [2.75, 3.05) is 47.5 Å². The molecule has 0 rings (SSSR count). The van der Waals surface area contributed by atoms with Gasteiger partial charge in [0.1, 0.15) is 19.8 Å². The van der Waals surface area contributed by atoms with Gasteiger partial charge in [-0.3, -0.25) is 14.2 Å². The number of esters is 2. The second-order valence-electron chi connectivity index (χ2n) is 20.3. The number of quaternary nitrogens is 1. The van der Waals surface area contributed by atoms with E-state index in [2.05, 4.69) is 111 Å². The number of hydrogen-bond donors (Lipinski definition) is 0. The highest BCUT2D eigenvalue weighted by molar-refractivity contribution is 7.45. The van der Waals surface area contributed by atoms with E-state index in [1.165, 1.54) is 103 Å². The van der Waals surface area contributed by atoms with Crippen molar-refractivity contribution < 1.29 is 42.1 Å². The molecule has 0 radical (unpaired) electrons. The maximum atomic E-state index is 12.8. The maximum absolute atomic E-state index is 12.8. The first-order valence-corrected chi connectivity index (χ1v) is 30.4. The summed E-state index contributed by atoms with van der Waals surface area (Å²) in [6, 6.07) is 0. The van der Waals surface area contributed by atoms with Gasteiger partial charge < -0.3 is 27.9 Å². The Morgan fingerprint density at radius 3 is 1.18 bits per heavy atom. The minimum atomic E-state index is -4.65. The number of allylic oxidation sites excluding steroid dienone is 16. The van der Waals surface area contributed by atoms with Crippen LogP contribution in [0.1, 0.15) is 232 Å². The zero-order chi connectivity index (χ0) is 52.7. The summed E-state index contributed by atoms with van der Waals surface area (Å²) < 4.78 is 34.1. The Hall–Kier alpha value is -3.07. The summed E-state index contributed by atoms with van der Waals surface area (Å²) in [7, 11) is 1.14. The van der Waals surface area contributed by atoms with Gasteiger partial charge in [0.2, 0.25) is 0 Å². The van der Waals surface area contributed by atoms with Crippen LogP contribution < -0.4 is 4.89 Å². The molecule has 0 amide bonds. The lowest BCUT2D eigenvalue weighted by Crippen LogP contribution is -2.37. The fraction of sp³-hybridized carbons (Fsp3) is 0.710. The lowest BCUT2D eigenvalue weighted by molar-refractivity contribution is -0.870. The summed E-state index contributed by atoms with van der Waals surface area (Å²) in [5, 5.41) is 0. The molecule has 0 aliphatic carbocycles. The summed E-state index contributed by atoms with van der Waals surface area (Å²) >= 11 is 0. The molecule has 0 aromatic rings. The third-order valence-corrected chi connectivity index (χ3v) is 13.1. The first kappa shape index (κ1) is 68.9. The molecular weight excluding hydrogens is 918 g/mol. The van der Waals surface area contributed by atoms with E-state index in [-0.39, 0.29) is 26.1 Å². The highest BCUT2D eigenvalue weighted by Gasteiger charge is 2.21. The van der Waals surface area contributed by atoms with Crippen LogP contribution in [-0.2, 0) is 32.7 Å². The van der Waals surface area contributed by atoms with Crippen molar-refractivity contribution in [3.63, 3.8) is 0 Å². The Morgan fingerprint density at radius 1 is 0.444 bits per heavy atom. The molecule has 10 heteroatoms. The molecule has 0 aliphatic rings. The average Bonchev–Trinajstić information content (AvgIpc) is 3.34. The molecule has 0 fully saturated rings. The highest BCUT2D eigenvalue weighted by Crippen LogP contribution is 2.38. The molecule has 0 bridgehead atoms. The predicted octanol–water partition coefficient (Wildman–Crippen LogP) is 17.4. The first-order chi connectivity index (χ1) is 35.0. The Balaban J connectivity index is 4.26. The first-order valence-electron chi connectivity index (χ1n) is 28.9. The van der Waals surface area contributed by atoms with Crippen molar-refractivity contribution >= 4 is 19.8 Å². The molecule has 0 spiro atoms. The average molecular weight is 1030 g/mol. The van der Waals surface area contributed by atoms with Crippen LogP contribution >= 0.6 is 7.82 Å². The van der Waals surface area contributed by atoms with Crippen LogP contribution in [0.4, 0.5) is 0 Å². The molecule has 0 saturated heterocycles. The van der Waals surface area contributed by atoms with E-state index in [1.807, 2.05) is 21.1 Å². The second-order valence-corrected chi connectivity index (χ2v) is 21.7. The smallest absolute Gasteiger partial charge is 0.306 e. The predicted molar refractivity (Wildman–Crippen MR) is 305 cm³/mol. The van der Waals surface area contributed by atoms with Crippen LogP contribution in [0.15, 0.2) is 97.2 Å². The van der Waals surface area contributed by atoms with E-state index in [4.69, 9.17) is 18.5 Å². The van der Waals surface area contributed by atoms with E-state index >= 15 is 0 Å². The summed E-state index contributed by atoms with van der Waals surface area (Å²) in [4.78, 5) is 37.9. The normalized spacial score (nSPS) is 14.0. The van der Waals surface area contributed by atoms with Gasteiger partial charge in [0, 0.05) is 12.8 Å². The van der Waals surface area contributed by atoms with Gasteiger partial charge in [0.15, 0.2) is 6.10 Å². The number of hydrogen-bond acceptors (Lipinski definition) is 8. The third-order valence-electron chi connectivity index (χ3n) is 12.1. The quantitative estimate of drug-likeness (QED) is 0.0195. The summed E-state index contributed by atoms with van der Waals surface area (Å²) in [6.07, 6.45) is 71.6. The van der Waals surface area contributed by atoms with Gasteiger partial charge in [-0.15, -0.1) is 0 Å².